The molecule has 28 heavy (non-hydrogen) atoms. The van der Waals surface area contributed by atoms with Crippen LogP contribution in [0.2, 0.25) is 0 Å². The summed E-state index contributed by atoms with van der Waals surface area (Å²) in [7, 11) is 1.61. The highest BCUT2D eigenvalue weighted by Crippen LogP contribution is 2.35. The topological polar surface area (TPSA) is 71.9 Å². The molecule has 6 heteroatoms. The van der Waals surface area contributed by atoms with Crippen molar-refractivity contribution < 1.29 is 19.4 Å². The number of pyridine rings is 1. The highest BCUT2D eigenvalue weighted by Gasteiger charge is 2.15. The number of methoxy groups -OCH3 is 1. The third kappa shape index (κ3) is 4.40. The van der Waals surface area contributed by atoms with Gasteiger partial charge in [0.25, 0.3) is 0 Å². The van der Waals surface area contributed by atoms with E-state index in [4.69, 9.17) is 14.6 Å². The maximum absolute atomic E-state index is 11.2. The van der Waals surface area contributed by atoms with E-state index in [0.29, 0.717) is 24.7 Å². The molecule has 1 heterocycles. The molecular formula is C22H22N2O4. The van der Waals surface area contributed by atoms with Gasteiger partial charge in [-0.2, -0.15) is 0 Å². The van der Waals surface area contributed by atoms with Gasteiger partial charge in [0.05, 0.1) is 19.3 Å². The maximum Gasteiger partial charge on any atom is 0.335 e. The van der Waals surface area contributed by atoms with Gasteiger partial charge >= 0.3 is 5.97 Å². The van der Waals surface area contributed by atoms with Crippen molar-refractivity contribution in [3.05, 3.63) is 78.1 Å². The molecule has 1 N–H and O–H groups in total. The number of ether oxygens (including phenoxy) is 2. The fourth-order valence-electron chi connectivity index (χ4n) is 2.89. The van der Waals surface area contributed by atoms with Crippen LogP contribution in [0.4, 0.5) is 11.4 Å². The lowest BCUT2D eigenvalue weighted by atomic mass is 10.1. The molecule has 3 rings (SSSR count). The molecule has 0 radical (unpaired) electrons. The fraction of sp³-hybridized carbons (Fsp3) is 0.182. The third-order valence-corrected chi connectivity index (χ3v) is 4.25. The van der Waals surface area contributed by atoms with Gasteiger partial charge in [-0.05, 0) is 55.0 Å². The van der Waals surface area contributed by atoms with Crippen LogP contribution in [0.1, 0.15) is 22.8 Å². The quantitative estimate of drug-likeness (QED) is 0.621. The monoisotopic (exact) mass is 378 g/mol. The average Bonchev–Trinajstić information content (AvgIpc) is 2.73. The van der Waals surface area contributed by atoms with Crippen LogP contribution in [0.5, 0.6) is 11.5 Å². The van der Waals surface area contributed by atoms with Crippen LogP contribution in [0.25, 0.3) is 0 Å². The number of carboxylic acid groups (broad SMARTS) is 1. The number of anilines is 2. The first-order chi connectivity index (χ1) is 13.6. The molecule has 0 saturated carbocycles. The van der Waals surface area contributed by atoms with E-state index in [-0.39, 0.29) is 5.56 Å². The number of carboxylic acids is 1. The minimum Gasteiger partial charge on any atom is -0.493 e. The predicted molar refractivity (Wildman–Crippen MR) is 108 cm³/mol. The molecule has 6 nitrogen and oxygen atoms in total. The Kier molecular flexibility index (Phi) is 6.11. The van der Waals surface area contributed by atoms with E-state index in [1.807, 2.05) is 43.5 Å². The fourth-order valence-corrected chi connectivity index (χ4v) is 2.89. The van der Waals surface area contributed by atoms with Crippen LogP contribution in [0.15, 0.2) is 67.0 Å². The molecule has 0 aliphatic heterocycles. The van der Waals surface area contributed by atoms with Crippen LogP contribution in [0, 0.1) is 0 Å². The lowest BCUT2D eigenvalue weighted by molar-refractivity contribution is 0.0697. The van der Waals surface area contributed by atoms with E-state index in [9.17, 15) is 4.79 Å². The summed E-state index contributed by atoms with van der Waals surface area (Å²) in [6, 6.07) is 16.4. The Morgan fingerprint density at radius 3 is 2.43 bits per heavy atom. The van der Waals surface area contributed by atoms with Gasteiger partial charge in [0, 0.05) is 36.4 Å². The van der Waals surface area contributed by atoms with Gasteiger partial charge < -0.3 is 19.5 Å². The van der Waals surface area contributed by atoms with E-state index in [1.54, 1.807) is 37.6 Å². The summed E-state index contributed by atoms with van der Waals surface area (Å²) in [5.74, 6) is 0.363. The molecule has 0 bridgehead atoms. The van der Waals surface area contributed by atoms with Crippen LogP contribution >= 0.6 is 0 Å². The van der Waals surface area contributed by atoms with E-state index >= 15 is 0 Å². The van der Waals surface area contributed by atoms with Crippen molar-refractivity contribution in [2.75, 3.05) is 18.6 Å². The van der Waals surface area contributed by atoms with Crippen molar-refractivity contribution in [1.82, 2.24) is 4.98 Å². The Hall–Kier alpha value is -3.54. The minimum atomic E-state index is -0.951. The molecule has 0 aliphatic carbocycles. The molecule has 0 amide bonds. The zero-order valence-corrected chi connectivity index (χ0v) is 15.8. The summed E-state index contributed by atoms with van der Waals surface area (Å²) < 4.78 is 11.1. The third-order valence-electron chi connectivity index (χ3n) is 4.25. The molecule has 0 unspecified atom stereocenters. The number of hydrogen-bond donors (Lipinski definition) is 1. The Balaban J connectivity index is 2.03. The lowest BCUT2D eigenvalue weighted by Crippen LogP contribution is -2.17. The van der Waals surface area contributed by atoms with Crippen LogP contribution < -0.4 is 14.4 Å². The first-order valence-electron chi connectivity index (χ1n) is 8.93. The maximum atomic E-state index is 11.2. The normalized spacial score (nSPS) is 10.4. The van der Waals surface area contributed by atoms with Gasteiger partial charge in [0.2, 0.25) is 0 Å². The SMILES string of the molecule is CCOc1cc(N(Cc2cccnc2)c2ccc(C(=O)O)cc2)ccc1OC. The zero-order chi connectivity index (χ0) is 19.9. The smallest absolute Gasteiger partial charge is 0.335 e. The van der Waals surface area contributed by atoms with Gasteiger partial charge in [0.1, 0.15) is 0 Å². The molecule has 144 valence electrons. The molecule has 0 spiro atoms. The first kappa shape index (κ1) is 19.2. The van der Waals surface area contributed by atoms with Crippen LogP contribution in [0.3, 0.4) is 0 Å². The number of aromatic carboxylic acids is 1. The Bertz CT molecular complexity index is 927. The highest BCUT2D eigenvalue weighted by atomic mass is 16.5. The minimum absolute atomic E-state index is 0.245. The van der Waals surface area contributed by atoms with Crippen molar-refractivity contribution in [3.63, 3.8) is 0 Å². The highest BCUT2D eigenvalue weighted by molar-refractivity contribution is 5.88. The van der Waals surface area contributed by atoms with Gasteiger partial charge in [-0.25, -0.2) is 4.79 Å². The Morgan fingerprint density at radius 1 is 1.07 bits per heavy atom. The van der Waals surface area contributed by atoms with Gasteiger partial charge in [-0.15, -0.1) is 0 Å². The summed E-state index contributed by atoms with van der Waals surface area (Å²) in [6.07, 6.45) is 3.54. The second-order valence-corrected chi connectivity index (χ2v) is 6.07. The van der Waals surface area contributed by atoms with Crippen molar-refractivity contribution >= 4 is 17.3 Å². The molecule has 0 atom stereocenters. The summed E-state index contributed by atoms with van der Waals surface area (Å²) in [4.78, 5) is 17.4. The number of hydrogen-bond acceptors (Lipinski definition) is 5. The number of rotatable bonds is 8. The number of nitrogens with zero attached hydrogens (tertiary/aromatic N) is 2. The predicted octanol–water partition coefficient (Wildman–Crippen LogP) is 4.53. The number of aromatic nitrogens is 1. The van der Waals surface area contributed by atoms with E-state index in [1.165, 1.54) is 0 Å². The van der Waals surface area contributed by atoms with Crippen molar-refractivity contribution in [2.24, 2.45) is 0 Å². The van der Waals surface area contributed by atoms with Crippen LogP contribution in [-0.2, 0) is 6.54 Å². The van der Waals surface area contributed by atoms with Crippen molar-refractivity contribution in [3.8, 4) is 11.5 Å². The van der Waals surface area contributed by atoms with Gasteiger partial charge in [-0.1, -0.05) is 6.07 Å². The van der Waals surface area contributed by atoms with E-state index < -0.39 is 5.97 Å². The summed E-state index contributed by atoms with van der Waals surface area (Å²) in [5, 5.41) is 9.17. The Labute approximate surface area is 164 Å². The largest absolute Gasteiger partial charge is 0.493 e. The van der Waals surface area contributed by atoms with E-state index in [2.05, 4.69) is 9.88 Å². The molecule has 2 aromatic carbocycles. The van der Waals surface area contributed by atoms with Crippen LogP contribution in [-0.4, -0.2) is 29.8 Å². The molecular weight excluding hydrogens is 356 g/mol. The van der Waals surface area contributed by atoms with Crippen molar-refractivity contribution in [1.29, 1.82) is 0 Å². The summed E-state index contributed by atoms with van der Waals surface area (Å²) >= 11 is 0. The first-order valence-corrected chi connectivity index (χ1v) is 8.93. The lowest BCUT2D eigenvalue weighted by Gasteiger charge is -2.26. The van der Waals surface area contributed by atoms with E-state index in [0.717, 1.165) is 16.9 Å². The molecule has 0 saturated heterocycles. The number of carbonyl (C=O) groups is 1. The van der Waals surface area contributed by atoms with Gasteiger partial charge in [-0.3, -0.25) is 4.98 Å². The second-order valence-electron chi connectivity index (χ2n) is 6.07. The zero-order valence-electron chi connectivity index (χ0n) is 15.8. The second kappa shape index (κ2) is 8.90. The summed E-state index contributed by atoms with van der Waals surface area (Å²) in [5.41, 5.74) is 3.03. The molecule has 3 aromatic rings. The number of benzene rings is 2. The summed E-state index contributed by atoms with van der Waals surface area (Å²) in [6.45, 7) is 3.01. The average molecular weight is 378 g/mol. The Morgan fingerprint density at radius 2 is 1.82 bits per heavy atom. The molecule has 0 aliphatic rings. The molecule has 0 fully saturated rings. The molecule has 1 aromatic heterocycles. The standard InChI is InChI=1S/C22H22N2O4/c1-3-28-21-13-19(10-11-20(21)27-2)24(15-16-5-4-12-23-14-16)18-8-6-17(7-9-18)22(25)26/h4-14H,3,15H2,1-2H3,(H,25,26). The van der Waals surface area contributed by atoms with Gasteiger partial charge in [0.15, 0.2) is 11.5 Å². The van der Waals surface area contributed by atoms with Crippen molar-refractivity contribution in [2.45, 2.75) is 13.5 Å².